The Hall–Kier alpha value is -1.80. The lowest BCUT2D eigenvalue weighted by atomic mass is 9.81. The highest BCUT2D eigenvalue weighted by atomic mass is 32.1. The molecule has 1 aliphatic carbocycles. The molecule has 28 heavy (non-hydrogen) atoms. The first-order chi connectivity index (χ1) is 13.4. The second-order valence-corrected chi connectivity index (χ2v) is 9.23. The van der Waals surface area contributed by atoms with Crippen LogP contribution in [0.1, 0.15) is 49.4 Å². The van der Waals surface area contributed by atoms with Gasteiger partial charge in [-0.05, 0) is 36.1 Å². The number of ether oxygens (including phenoxy) is 1. The van der Waals surface area contributed by atoms with Gasteiger partial charge in [0.1, 0.15) is 31.0 Å². The molecule has 1 saturated carbocycles. The smallest absolute Gasteiger partial charge is 0.252 e. The van der Waals surface area contributed by atoms with E-state index in [1.54, 1.807) is 16.8 Å². The van der Waals surface area contributed by atoms with Gasteiger partial charge in [0.15, 0.2) is 5.78 Å². The lowest BCUT2D eigenvalue weighted by Crippen LogP contribution is -2.53. The maximum atomic E-state index is 14.3. The van der Waals surface area contributed by atoms with Crippen LogP contribution in [0, 0.1) is 5.41 Å². The molecule has 0 bridgehead atoms. The molecule has 4 rings (SSSR count). The second kappa shape index (κ2) is 7.55. The van der Waals surface area contributed by atoms with Crippen molar-refractivity contribution in [1.29, 1.82) is 0 Å². The molecule has 6 nitrogen and oxygen atoms in total. The quantitative estimate of drug-likeness (QED) is 0.811. The number of Topliss-reactive ketones (excluding diaryl/α,β-unsaturated/α-hetero) is 1. The van der Waals surface area contributed by atoms with Gasteiger partial charge in [-0.3, -0.25) is 14.4 Å². The molecule has 1 N–H and O–H groups in total. The summed E-state index contributed by atoms with van der Waals surface area (Å²) in [6.45, 7) is 1.80. The summed E-state index contributed by atoms with van der Waals surface area (Å²) in [5.74, 6) is -0.970. The van der Waals surface area contributed by atoms with E-state index in [9.17, 15) is 18.8 Å². The summed E-state index contributed by atoms with van der Waals surface area (Å²) in [5.41, 5.74) is 0.453. The molecule has 1 aromatic heterocycles. The Morgan fingerprint density at radius 1 is 1.43 bits per heavy atom. The molecule has 152 valence electrons. The Labute approximate surface area is 167 Å². The number of hydrogen-bond acceptors (Lipinski definition) is 5. The van der Waals surface area contributed by atoms with Gasteiger partial charge in [-0.1, -0.05) is 19.8 Å². The van der Waals surface area contributed by atoms with Crippen LogP contribution >= 0.6 is 11.3 Å². The topological polar surface area (TPSA) is 75.7 Å². The standard InChI is InChI=1S/C20H25FN2O4S/c1-20(5-2-3-6-20)8-14(22-18(25)12-4-7-28-11-12)19(26)23-9-13(21)17-16(23)15(24)10-27-17/h4,7,11,13-14,16-17H,2-3,5-6,8-10H2,1H3,(H,22,25)/t13-,14-,16+,17+/m0/s1. The van der Waals surface area contributed by atoms with Crippen molar-refractivity contribution in [2.75, 3.05) is 13.2 Å². The van der Waals surface area contributed by atoms with E-state index in [0.29, 0.717) is 12.0 Å². The van der Waals surface area contributed by atoms with Gasteiger partial charge in [0.2, 0.25) is 5.91 Å². The lowest BCUT2D eigenvalue weighted by Gasteiger charge is -2.32. The van der Waals surface area contributed by atoms with Gasteiger partial charge in [-0.2, -0.15) is 11.3 Å². The van der Waals surface area contributed by atoms with Crippen molar-refractivity contribution in [3.63, 3.8) is 0 Å². The number of nitrogens with one attached hydrogen (secondary N) is 1. The third kappa shape index (κ3) is 3.59. The first-order valence-corrected chi connectivity index (χ1v) is 10.7. The fraction of sp³-hybridized carbons (Fsp3) is 0.650. The van der Waals surface area contributed by atoms with E-state index in [0.717, 1.165) is 25.7 Å². The van der Waals surface area contributed by atoms with E-state index in [2.05, 4.69) is 12.2 Å². The van der Waals surface area contributed by atoms with Crippen LogP contribution in [0.25, 0.3) is 0 Å². The zero-order valence-corrected chi connectivity index (χ0v) is 16.7. The molecule has 0 unspecified atom stereocenters. The predicted octanol–water partition coefficient (Wildman–Crippen LogP) is 2.33. The minimum absolute atomic E-state index is 0.0489. The van der Waals surface area contributed by atoms with E-state index in [1.165, 1.54) is 16.2 Å². The monoisotopic (exact) mass is 408 g/mol. The SMILES string of the molecule is CC1(C[C@H](NC(=O)c2ccsc2)C(=O)N2C[C@H](F)[C@H]3OCC(=O)[C@H]32)CCCC1. The number of fused-ring (bicyclic) bond motifs is 1. The molecule has 3 aliphatic rings. The number of halogens is 1. The first-order valence-electron chi connectivity index (χ1n) is 9.80. The number of thiophene rings is 1. The fourth-order valence-corrected chi connectivity index (χ4v) is 5.42. The maximum absolute atomic E-state index is 14.3. The van der Waals surface area contributed by atoms with E-state index < -0.39 is 24.4 Å². The third-order valence-electron chi connectivity index (χ3n) is 6.30. The van der Waals surface area contributed by atoms with Crippen molar-refractivity contribution in [3.05, 3.63) is 22.4 Å². The summed E-state index contributed by atoms with van der Waals surface area (Å²) in [7, 11) is 0. The number of amides is 2. The Kier molecular flexibility index (Phi) is 5.26. The van der Waals surface area contributed by atoms with Gasteiger partial charge in [0, 0.05) is 5.38 Å². The molecule has 3 fully saturated rings. The van der Waals surface area contributed by atoms with E-state index in [-0.39, 0.29) is 36.2 Å². The molecule has 2 saturated heterocycles. The van der Waals surface area contributed by atoms with Crippen LogP contribution in [-0.4, -0.2) is 60.0 Å². The van der Waals surface area contributed by atoms with E-state index in [1.807, 2.05) is 0 Å². The van der Waals surface area contributed by atoms with Gasteiger partial charge >= 0.3 is 0 Å². The highest BCUT2D eigenvalue weighted by molar-refractivity contribution is 7.08. The van der Waals surface area contributed by atoms with Crippen molar-refractivity contribution < 1.29 is 23.5 Å². The minimum Gasteiger partial charge on any atom is -0.365 e. The van der Waals surface area contributed by atoms with Crippen molar-refractivity contribution >= 4 is 28.9 Å². The maximum Gasteiger partial charge on any atom is 0.252 e. The van der Waals surface area contributed by atoms with Crippen LogP contribution in [0.3, 0.4) is 0 Å². The predicted molar refractivity (Wildman–Crippen MR) is 102 cm³/mol. The molecule has 2 amide bonds. The molecule has 0 aromatic carbocycles. The van der Waals surface area contributed by atoms with Crippen LogP contribution in [0.15, 0.2) is 16.8 Å². The van der Waals surface area contributed by atoms with Crippen LogP contribution in [0.4, 0.5) is 4.39 Å². The van der Waals surface area contributed by atoms with Crippen LogP contribution < -0.4 is 5.32 Å². The largest absolute Gasteiger partial charge is 0.365 e. The number of carbonyl (C=O) groups excluding carboxylic acids is 3. The van der Waals surface area contributed by atoms with Crippen molar-refractivity contribution in [2.24, 2.45) is 5.41 Å². The average Bonchev–Trinajstić information content (AvgIpc) is 3.42. The number of hydrogen-bond donors (Lipinski definition) is 1. The molecule has 4 atom stereocenters. The van der Waals surface area contributed by atoms with Crippen LogP contribution in [-0.2, 0) is 14.3 Å². The first kappa shape index (κ1) is 19.5. The molecule has 1 aromatic rings. The number of carbonyl (C=O) groups is 3. The molecule has 2 aliphatic heterocycles. The van der Waals surface area contributed by atoms with E-state index >= 15 is 0 Å². The van der Waals surface area contributed by atoms with Gasteiger partial charge in [0.25, 0.3) is 5.91 Å². The molecular formula is C20H25FN2O4S. The van der Waals surface area contributed by atoms with Gasteiger partial charge < -0.3 is 15.0 Å². The Morgan fingerprint density at radius 2 is 2.18 bits per heavy atom. The zero-order valence-electron chi connectivity index (χ0n) is 15.9. The normalized spacial score (nSPS) is 29.7. The molecule has 8 heteroatoms. The van der Waals surface area contributed by atoms with Crippen molar-refractivity contribution in [1.82, 2.24) is 10.2 Å². The summed E-state index contributed by atoms with van der Waals surface area (Å²) < 4.78 is 19.6. The van der Waals surface area contributed by atoms with Gasteiger partial charge in [-0.25, -0.2) is 4.39 Å². The van der Waals surface area contributed by atoms with Crippen molar-refractivity contribution in [2.45, 2.75) is 63.4 Å². The Bertz CT molecular complexity index is 762. The zero-order chi connectivity index (χ0) is 19.9. The summed E-state index contributed by atoms with van der Waals surface area (Å²) in [5, 5.41) is 6.39. The average molecular weight is 408 g/mol. The van der Waals surface area contributed by atoms with Crippen molar-refractivity contribution in [3.8, 4) is 0 Å². The van der Waals surface area contributed by atoms with Gasteiger partial charge in [-0.15, -0.1) is 0 Å². The minimum atomic E-state index is -1.38. The number of alkyl halides is 1. The second-order valence-electron chi connectivity index (χ2n) is 8.45. The summed E-state index contributed by atoms with van der Waals surface area (Å²) in [6.07, 6.45) is 2.41. The molecular weight excluding hydrogens is 383 g/mol. The Morgan fingerprint density at radius 3 is 2.86 bits per heavy atom. The number of nitrogens with zero attached hydrogens (tertiary/aromatic N) is 1. The molecule has 0 spiro atoms. The number of rotatable bonds is 5. The van der Waals surface area contributed by atoms with Crippen LogP contribution in [0.5, 0.6) is 0 Å². The molecule has 0 radical (unpaired) electrons. The summed E-state index contributed by atoms with van der Waals surface area (Å²) in [4.78, 5) is 39.5. The Balaban J connectivity index is 1.56. The highest BCUT2D eigenvalue weighted by Crippen LogP contribution is 2.42. The lowest BCUT2D eigenvalue weighted by molar-refractivity contribution is -0.138. The summed E-state index contributed by atoms with van der Waals surface area (Å²) >= 11 is 1.41. The fourth-order valence-electron chi connectivity index (χ4n) is 4.78. The summed E-state index contributed by atoms with van der Waals surface area (Å²) in [6, 6.07) is 0.0469. The highest BCUT2D eigenvalue weighted by Gasteiger charge is 2.54. The molecule has 3 heterocycles. The van der Waals surface area contributed by atoms with Gasteiger partial charge in [0.05, 0.1) is 12.1 Å². The van der Waals surface area contributed by atoms with E-state index in [4.69, 9.17) is 4.74 Å². The third-order valence-corrected chi connectivity index (χ3v) is 6.98. The number of likely N-dealkylation sites (tertiary alicyclic amines) is 1. The van der Waals surface area contributed by atoms with Crippen LogP contribution in [0.2, 0.25) is 0 Å². The number of ketones is 1.